The summed E-state index contributed by atoms with van der Waals surface area (Å²) in [6, 6.07) is 0. The van der Waals surface area contributed by atoms with Gasteiger partial charge in [-0.15, -0.1) is 47.0 Å². The second-order valence-corrected chi connectivity index (χ2v) is 11.7. The number of hydrogen-bond acceptors (Lipinski definition) is 6. The van der Waals surface area contributed by atoms with Crippen molar-refractivity contribution < 1.29 is 0 Å². The lowest BCUT2D eigenvalue weighted by Crippen LogP contribution is -2.33. The Balaban J connectivity index is 1.95. The van der Waals surface area contributed by atoms with E-state index in [1.807, 2.05) is 23.5 Å². The molecular formula is C7H12S6. The minimum Gasteiger partial charge on any atom is -0.160 e. The smallest absolute Gasteiger partial charge is 0.153 e. The number of thioether (sulfide) groups is 4. The SMILES string of the molecule is SC1(S)CSC2(SCCCS2)SC1. The molecule has 0 nitrogen and oxygen atoms in total. The Kier molecular flexibility index (Phi) is 4.04. The maximum atomic E-state index is 4.52. The van der Waals surface area contributed by atoms with E-state index in [-0.39, 0.29) is 4.08 Å². The van der Waals surface area contributed by atoms with Crippen LogP contribution in [0.15, 0.2) is 0 Å². The number of thiol groups is 2. The van der Waals surface area contributed by atoms with E-state index >= 15 is 0 Å². The zero-order valence-corrected chi connectivity index (χ0v) is 12.1. The summed E-state index contributed by atoms with van der Waals surface area (Å²) in [5, 5.41) is 0. The molecule has 13 heavy (non-hydrogen) atoms. The van der Waals surface area contributed by atoms with E-state index in [1.165, 1.54) is 17.9 Å². The van der Waals surface area contributed by atoms with Gasteiger partial charge in [-0.3, -0.25) is 0 Å². The Bertz CT molecular complexity index is 173. The summed E-state index contributed by atoms with van der Waals surface area (Å²) in [7, 11) is 0. The first kappa shape index (κ1) is 11.6. The van der Waals surface area contributed by atoms with Crippen LogP contribution in [0.2, 0.25) is 0 Å². The highest BCUT2D eigenvalue weighted by Crippen LogP contribution is 2.62. The van der Waals surface area contributed by atoms with Crippen molar-refractivity contribution >= 4 is 72.3 Å². The second kappa shape index (κ2) is 4.53. The summed E-state index contributed by atoms with van der Waals surface area (Å²) in [6.45, 7) is 0. The Morgan fingerprint density at radius 2 is 1.38 bits per heavy atom. The molecule has 2 aliphatic heterocycles. The Morgan fingerprint density at radius 1 is 0.846 bits per heavy atom. The molecule has 2 saturated heterocycles. The van der Waals surface area contributed by atoms with Crippen molar-refractivity contribution in [1.29, 1.82) is 0 Å². The third-order valence-electron chi connectivity index (χ3n) is 1.81. The lowest BCUT2D eigenvalue weighted by molar-refractivity contribution is 1.07. The van der Waals surface area contributed by atoms with Gasteiger partial charge in [-0.2, -0.15) is 25.3 Å². The van der Waals surface area contributed by atoms with Crippen LogP contribution < -0.4 is 0 Å². The number of rotatable bonds is 0. The van der Waals surface area contributed by atoms with E-state index in [0.29, 0.717) is 2.74 Å². The molecular weight excluding hydrogens is 276 g/mol. The summed E-state index contributed by atoms with van der Waals surface area (Å²) in [6.07, 6.45) is 1.37. The minimum absolute atomic E-state index is 0.0564. The van der Waals surface area contributed by atoms with Crippen molar-refractivity contribution in [2.24, 2.45) is 0 Å². The van der Waals surface area contributed by atoms with Gasteiger partial charge >= 0.3 is 0 Å². The van der Waals surface area contributed by atoms with Gasteiger partial charge in [-0.1, -0.05) is 0 Å². The second-order valence-electron chi connectivity index (χ2n) is 3.11. The van der Waals surface area contributed by atoms with Crippen LogP contribution in [0.1, 0.15) is 6.42 Å². The molecule has 76 valence electrons. The average Bonchev–Trinajstić information content (AvgIpc) is 2.13. The summed E-state index contributed by atoms with van der Waals surface area (Å²) < 4.78 is 0.326. The van der Waals surface area contributed by atoms with Crippen LogP contribution in [0.25, 0.3) is 0 Å². The van der Waals surface area contributed by atoms with Crippen LogP contribution in [0.3, 0.4) is 0 Å². The lowest BCUT2D eigenvalue weighted by atomic mass is 10.5. The highest BCUT2D eigenvalue weighted by Gasteiger charge is 2.42. The van der Waals surface area contributed by atoms with Crippen molar-refractivity contribution in [3.05, 3.63) is 0 Å². The van der Waals surface area contributed by atoms with E-state index in [1.54, 1.807) is 0 Å². The molecule has 0 bridgehead atoms. The zero-order valence-electron chi connectivity index (χ0n) is 7.06. The van der Waals surface area contributed by atoms with Gasteiger partial charge in [0.2, 0.25) is 0 Å². The van der Waals surface area contributed by atoms with Crippen LogP contribution in [0, 0.1) is 0 Å². The molecule has 0 aliphatic carbocycles. The van der Waals surface area contributed by atoms with Crippen LogP contribution in [-0.4, -0.2) is 29.8 Å². The molecule has 1 spiro atoms. The van der Waals surface area contributed by atoms with Gasteiger partial charge in [0.15, 0.2) is 2.74 Å². The van der Waals surface area contributed by atoms with Crippen molar-refractivity contribution in [3.63, 3.8) is 0 Å². The molecule has 0 aromatic heterocycles. The molecule has 0 aromatic carbocycles. The van der Waals surface area contributed by atoms with Gasteiger partial charge in [-0.25, -0.2) is 0 Å². The van der Waals surface area contributed by atoms with Gasteiger partial charge in [0.1, 0.15) is 0 Å². The fourth-order valence-electron chi connectivity index (χ4n) is 1.15. The highest BCUT2D eigenvalue weighted by atomic mass is 32.3. The third-order valence-corrected chi connectivity index (χ3v) is 11.2. The standard InChI is InChI=1S/C7H12S6/c8-6(9)4-12-7(13-5-6)10-2-1-3-11-7/h8-9H,1-5H2. The van der Waals surface area contributed by atoms with Gasteiger partial charge in [0, 0.05) is 11.5 Å². The maximum Gasteiger partial charge on any atom is 0.153 e. The molecule has 2 fully saturated rings. The normalized spacial score (nSPS) is 31.8. The molecule has 0 radical (unpaired) electrons. The summed E-state index contributed by atoms with van der Waals surface area (Å²) in [5.74, 6) is 4.76. The van der Waals surface area contributed by atoms with Gasteiger partial charge in [0.25, 0.3) is 0 Å². The minimum atomic E-state index is -0.0564. The highest BCUT2D eigenvalue weighted by molar-refractivity contribution is 8.48. The van der Waals surface area contributed by atoms with Crippen LogP contribution in [0.5, 0.6) is 0 Å². The number of hydrogen-bond donors (Lipinski definition) is 2. The first-order valence-corrected chi connectivity index (χ1v) is 8.96. The maximum absolute atomic E-state index is 4.52. The third kappa shape index (κ3) is 3.03. The molecule has 2 aliphatic rings. The molecule has 6 heteroatoms. The Hall–Kier alpha value is 2.10. The van der Waals surface area contributed by atoms with Crippen molar-refractivity contribution in [2.45, 2.75) is 13.2 Å². The van der Waals surface area contributed by atoms with E-state index < -0.39 is 0 Å². The first-order chi connectivity index (χ1) is 6.12. The Labute approximate surface area is 108 Å². The van der Waals surface area contributed by atoms with Gasteiger partial charge in [-0.05, 0) is 17.9 Å². The molecule has 0 amide bonds. The monoisotopic (exact) mass is 288 g/mol. The predicted molar refractivity (Wildman–Crippen MR) is 77.9 cm³/mol. The quantitative estimate of drug-likeness (QED) is 0.517. The molecule has 0 atom stereocenters. The first-order valence-electron chi connectivity index (χ1n) is 4.13. The topological polar surface area (TPSA) is 0 Å². The molecule has 0 saturated carbocycles. The average molecular weight is 289 g/mol. The van der Waals surface area contributed by atoms with E-state index in [9.17, 15) is 0 Å². The molecule has 2 rings (SSSR count). The van der Waals surface area contributed by atoms with Crippen molar-refractivity contribution in [3.8, 4) is 0 Å². The van der Waals surface area contributed by atoms with Crippen LogP contribution >= 0.6 is 72.3 Å². The summed E-state index contributed by atoms with van der Waals surface area (Å²) in [4.78, 5) is 0. The molecule has 0 unspecified atom stereocenters. The molecule has 0 N–H and O–H groups in total. The fraction of sp³-hybridized carbons (Fsp3) is 1.00. The van der Waals surface area contributed by atoms with Gasteiger partial charge < -0.3 is 0 Å². The fourth-order valence-corrected chi connectivity index (χ4v) is 8.90. The van der Waals surface area contributed by atoms with E-state index in [2.05, 4.69) is 48.8 Å². The molecule has 0 aromatic rings. The summed E-state index contributed by atoms with van der Waals surface area (Å²) >= 11 is 17.3. The van der Waals surface area contributed by atoms with E-state index in [4.69, 9.17) is 0 Å². The van der Waals surface area contributed by atoms with Crippen LogP contribution in [-0.2, 0) is 0 Å². The zero-order chi connectivity index (χ0) is 9.36. The van der Waals surface area contributed by atoms with E-state index in [0.717, 1.165) is 11.5 Å². The largest absolute Gasteiger partial charge is 0.160 e. The van der Waals surface area contributed by atoms with Crippen LogP contribution in [0.4, 0.5) is 0 Å². The Morgan fingerprint density at radius 3 is 1.92 bits per heavy atom. The van der Waals surface area contributed by atoms with Crippen molar-refractivity contribution in [2.75, 3.05) is 23.0 Å². The summed E-state index contributed by atoms with van der Waals surface area (Å²) in [5.41, 5.74) is 0. The molecule has 2 heterocycles. The van der Waals surface area contributed by atoms with Crippen molar-refractivity contribution in [1.82, 2.24) is 0 Å². The predicted octanol–water partition coefficient (Wildman–Crippen LogP) is 3.50. The lowest BCUT2D eigenvalue weighted by Gasteiger charge is -2.42. The van der Waals surface area contributed by atoms with Gasteiger partial charge in [0.05, 0.1) is 4.08 Å².